The summed E-state index contributed by atoms with van der Waals surface area (Å²) in [6.07, 6.45) is 1.79. The van der Waals surface area contributed by atoms with Gasteiger partial charge < -0.3 is 9.84 Å². The fraction of sp³-hybridized carbons (Fsp3) is 0.467. The van der Waals surface area contributed by atoms with Crippen molar-refractivity contribution in [2.75, 3.05) is 6.61 Å². The van der Waals surface area contributed by atoms with Gasteiger partial charge in [0.1, 0.15) is 11.4 Å². The SMILES string of the molecule is C=Cc1c(OC(C)(C)C)cccc1C(C)CO. The van der Waals surface area contributed by atoms with E-state index in [1.807, 2.05) is 45.9 Å². The molecule has 0 heterocycles. The lowest BCUT2D eigenvalue weighted by atomic mass is 9.95. The highest BCUT2D eigenvalue weighted by Crippen LogP contribution is 2.31. The monoisotopic (exact) mass is 234 g/mol. The molecule has 17 heavy (non-hydrogen) atoms. The highest BCUT2D eigenvalue weighted by molar-refractivity contribution is 5.61. The van der Waals surface area contributed by atoms with Gasteiger partial charge in [0.05, 0.1) is 0 Å². The van der Waals surface area contributed by atoms with Crippen LogP contribution in [0.2, 0.25) is 0 Å². The zero-order valence-electron chi connectivity index (χ0n) is 11.2. The zero-order chi connectivity index (χ0) is 13.1. The lowest BCUT2D eigenvalue weighted by Gasteiger charge is -2.24. The van der Waals surface area contributed by atoms with Crippen LogP contribution in [-0.4, -0.2) is 17.3 Å². The van der Waals surface area contributed by atoms with Crippen LogP contribution >= 0.6 is 0 Å². The van der Waals surface area contributed by atoms with E-state index in [1.54, 1.807) is 6.08 Å². The Labute approximate surface area is 104 Å². The summed E-state index contributed by atoms with van der Waals surface area (Å²) in [5, 5.41) is 9.26. The summed E-state index contributed by atoms with van der Waals surface area (Å²) >= 11 is 0. The molecule has 1 atom stereocenters. The Morgan fingerprint density at radius 2 is 2.06 bits per heavy atom. The molecule has 0 fully saturated rings. The van der Waals surface area contributed by atoms with Gasteiger partial charge in [-0.1, -0.05) is 31.7 Å². The molecule has 1 unspecified atom stereocenters. The Kier molecular flexibility index (Phi) is 4.35. The first-order chi connectivity index (χ1) is 7.89. The molecule has 0 aliphatic carbocycles. The smallest absolute Gasteiger partial charge is 0.127 e. The standard InChI is InChI=1S/C15H22O2/c1-6-12-13(11(2)10-16)8-7-9-14(12)17-15(3,4)5/h6-9,11,16H,1,10H2,2-5H3. The van der Waals surface area contributed by atoms with Gasteiger partial charge >= 0.3 is 0 Å². The molecule has 2 heteroatoms. The molecule has 0 saturated carbocycles. The van der Waals surface area contributed by atoms with Crippen molar-refractivity contribution < 1.29 is 9.84 Å². The Morgan fingerprint density at radius 3 is 2.53 bits per heavy atom. The van der Waals surface area contributed by atoms with Crippen LogP contribution in [-0.2, 0) is 0 Å². The predicted octanol–water partition coefficient (Wildman–Crippen LogP) is 3.60. The van der Waals surface area contributed by atoms with Gasteiger partial charge in [-0.15, -0.1) is 0 Å². The maximum atomic E-state index is 9.26. The number of benzene rings is 1. The third-order valence-electron chi connectivity index (χ3n) is 2.52. The Morgan fingerprint density at radius 1 is 1.41 bits per heavy atom. The Bertz CT molecular complexity index is 388. The van der Waals surface area contributed by atoms with E-state index >= 15 is 0 Å². The van der Waals surface area contributed by atoms with Gasteiger partial charge in [-0.25, -0.2) is 0 Å². The second-order valence-corrected chi connectivity index (χ2v) is 5.26. The molecule has 0 aliphatic rings. The van der Waals surface area contributed by atoms with Crippen molar-refractivity contribution in [3.05, 3.63) is 35.9 Å². The summed E-state index contributed by atoms with van der Waals surface area (Å²) in [6.45, 7) is 12.0. The molecule has 0 amide bonds. The molecule has 0 aromatic heterocycles. The van der Waals surface area contributed by atoms with Crippen LogP contribution in [0.25, 0.3) is 6.08 Å². The van der Waals surface area contributed by atoms with Gasteiger partial charge in [-0.3, -0.25) is 0 Å². The summed E-state index contributed by atoms with van der Waals surface area (Å²) in [5.41, 5.74) is 1.81. The largest absolute Gasteiger partial charge is 0.488 e. The second kappa shape index (κ2) is 5.37. The van der Waals surface area contributed by atoms with E-state index in [0.29, 0.717) is 0 Å². The highest BCUT2D eigenvalue weighted by Gasteiger charge is 2.17. The number of aliphatic hydroxyl groups excluding tert-OH is 1. The van der Waals surface area contributed by atoms with Gasteiger partial charge in [0.2, 0.25) is 0 Å². The maximum Gasteiger partial charge on any atom is 0.127 e. The molecule has 0 saturated heterocycles. The van der Waals surface area contributed by atoms with Crippen LogP contribution in [0.3, 0.4) is 0 Å². The molecular weight excluding hydrogens is 212 g/mol. The molecule has 0 aliphatic heterocycles. The molecule has 0 radical (unpaired) electrons. The minimum absolute atomic E-state index is 0.0894. The van der Waals surface area contributed by atoms with Crippen LogP contribution in [0.15, 0.2) is 24.8 Å². The topological polar surface area (TPSA) is 29.5 Å². The first kappa shape index (κ1) is 13.8. The van der Waals surface area contributed by atoms with Crippen molar-refractivity contribution >= 4 is 6.08 Å². The lowest BCUT2D eigenvalue weighted by Crippen LogP contribution is -2.23. The van der Waals surface area contributed by atoms with Crippen LogP contribution in [0.1, 0.15) is 44.7 Å². The number of hydrogen-bond acceptors (Lipinski definition) is 2. The third kappa shape index (κ3) is 3.60. The van der Waals surface area contributed by atoms with Crippen LogP contribution in [0.5, 0.6) is 5.75 Å². The van der Waals surface area contributed by atoms with Crippen molar-refractivity contribution in [2.24, 2.45) is 0 Å². The van der Waals surface area contributed by atoms with Crippen LogP contribution in [0, 0.1) is 0 Å². The summed E-state index contributed by atoms with van der Waals surface area (Å²) in [7, 11) is 0. The maximum absolute atomic E-state index is 9.26. The van der Waals surface area contributed by atoms with Gasteiger partial charge in [0, 0.05) is 18.1 Å². The van der Waals surface area contributed by atoms with Crippen LogP contribution < -0.4 is 4.74 Å². The summed E-state index contributed by atoms with van der Waals surface area (Å²) in [4.78, 5) is 0. The number of hydrogen-bond donors (Lipinski definition) is 1. The highest BCUT2D eigenvalue weighted by atomic mass is 16.5. The average Bonchev–Trinajstić information content (AvgIpc) is 2.25. The minimum atomic E-state index is -0.237. The molecule has 0 spiro atoms. The molecular formula is C15H22O2. The first-order valence-corrected chi connectivity index (χ1v) is 5.94. The molecule has 2 nitrogen and oxygen atoms in total. The van der Waals surface area contributed by atoms with Crippen LogP contribution in [0.4, 0.5) is 0 Å². The normalized spacial score (nSPS) is 13.2. The van der Waals surface area contributed by atoms with Gasteiger partial charge in [-0.05, 0) is 32.4 Å². The van der Waals surface area contributed by atoms with Gasteiger partial charge in [0.15, 0.2) is 0 Å². The van der Waals surface area contributed by atoms with Crippen molar-refractivity contribution in [3.8, 4) is 5.75 Å². The third-order valence-corrected chi connectivity index (χ3v) is 2.52. The van der Waals surface area contributed by atoms with Gasteiger partial charge in [0.25, 0.3) is 0 Å². The fourth-order valence-electron chi connectivity index (χ4n) is 1.73. The van der Waals surface area contributed by atoms with Crippen molar-refractivity contribution in [3.63, 3.8) is 0 Å². The van der Waals surface area contributed by atoms with Crippen molar-refractivity contribution in [2.45, 2.75) is 39.2 Å². The van der Waals surface area contributed by atoms with Crippen molar-refractivity contribution in [1.82, 2.24) is 0 Å². The van der Waals surface area contributed by atoms with E-state index in [2.05, 4.69) is 6.58 Å². The molecule has 94 valence electrons. The molecule has 1 N–H and O–H groups in total. The predicted molar refractivity (Wildman–Crippen MR) is 72.4 cm³/mol. The average molecular weight is 234 g/mol. The van der Waals surface area contributed by atoms with E-state index < -0.39 is 0 Å². The zero-order valence-corrected chi connectivity index (χ0v) is 11.2. The summed E-state index contributed by atoms with van der Waals surface area (Å²) < 4.78 is 5.91. The number of aliphatic hydroxyl groups is 1. The first-order valence-electron chi connectivity index (χ1n) is 5.94. The fourth-order valence-corrected chi connectivity index (χ4v) is 1.73. The number of rotatable bonds is 4. The molecule has 1 aromatic carbocycles. The molecule has 1 rings (SSSR count). The molecule has 0 bridgehead atoms. The minimum Gasteiger partial charge on any atom is -0.488 e. The van der Waals surface area contributed by atoms with E-state index in [1.165, 1.54) is 0 Å². The van der Waals surface area contributed by atoms with E-state index in [4.69, 9.17) is 4.74 Å². The van der Waals surface area contributed by atoms with E-state index in [9.17, 15) is 5.11 Å². The lowest BCUT2D eigenvalue weighted by molar-refractivity contribution is 0.130. The summed E-state index contributed by atoms with van der Waals surface area (Å²) in [5.74, 6) is 0.914. The number of ether oxygens (including phenoxy) is 1. The van der Waals surface area contributed by atoms with E-state index in [0.717, 1.165) is 16.9 Å². The molecule has 1 aromatic rings. The summed E-state index contributed by atoms with van der Waals surface area (Å²) in [6, 6.07) is 5.90. The van der Waals surface area contributed by atoms with Gasteiger partial charge in [-0.2, -0.15) is 0 Å². The Balaban J connectivity index is 3.19. The quantitative estimate of drug-likeness (QED) is 0.862. The second-order valence-electron chi connectivity index (χ2n) is 5.26. The Hall–Kier alpha value is -1.28. The van der Waals surface area contributed by atoms with E-state index in [-0.39, 0.29) is 18.1 Å². The van der Waals surface area contributed by atoms with Crippen molar-refractivity contribution in [1.29, 1.82) is 0 Å².